The normalized spacial score (nSPS) is 18.3. The Morgan fingerprint density at radius 3 is 2.75 bits per heavy atom. The molecule has 6 nitrogen and oxygen atoms in total. The predicted octanol–water partition coefficient (Wildman–Crippen LogP) is 4.34. The molecule has 5 rings (SSSR count). The van der Waals surface area contributed by atoms with Gasteiger partial charge in [0.25, 0.3) is 5.92 Å². The van der Waals surface area contributed by atoms with Gasteiger partial charge in [-0.15, -0.1) is 0 Å². The summed E-state index contributed by atoms with van der Waals surface area (Å²) in [6.07, 6.45) is 4.92. The molecule has 1 aromatic carbocycles. The molecule has 0 unspecified atom stereocenters. The summed E-state index contributed by atoms with van der Waals surface area (Å²) in [5.74, 6) is -1.98. The molecular formula is C23H22ClF2N5O. The van der Waals surface area contributed by atoms with E-state index in [1.165, 1.54) is 6.33 Å². The lowest BCUT2D eigenvalue weighted by atomic mass is 9.93. The second kappa shape index (κ2) is 8.16. The van der Waals surface area contributed by atoms with Crippen molar-refractivity contribution in [3.8, 4) is 0 Å². The average molecular weight is 458 g/mol. The highest BCUT2D eigenvalue weighted by Crippen LogP contribution is 2.37. The molecule has 1 aliphatic carbocycles. The molecule has 3 heterocycles. The highest BCUT2D eigenvalue weighted by Gasteiger charge is 2.35. The zero-order valence-electron chi connectivity index (χ0n) is 17.3. The van der Waals surface area contributed by atoms with Crippen molar-refractivity contribution in [2.24, 2.45) is 5.92 Å². The van der Waals surface area contributed by atoms with Crippen LogP contribution in [0.25, 0.3) is 11.1 Å². The van der Waals surface area contributed by atoms with Crippen LogP contribution in [0.2, 0.25) is 5.02 Å². The Labute approximate surface area is 188 Å². The summed E-state index contributed by atoms with van der Waals surface area (Å²) in [6.45, 7) is 1.59. The van der Waals surface area contributed by atoms with Crippen molar-refractivity contribution in [1.29, 1.82) is 0 Å². The number of nitrogens with zero attached hydrogens (tertiary/aromatic N) is 4. The van der Waals surface area contributed by atoms with Crippen molar-refractivity contribution in [3.63, 3.8) is 0 Å². The number of hydrogen-bond acceptors (Lipinski definition) is 4. The fraction of sp³-hybridized carbons (Fsp3) is 0.348. The number of amides is 1. The van der Waals surface area contributed by atoms with Gasteiger partial charge in [-0.25, -0.2) is 18.3 Å². The van der Waals surface area contributed by atoms with Gasteiger partial charge in [0.2, 0.25) is 5.91 Å². The number of anilines is 1. The molecule has 1 amide bonds. The van der Waals surface area contributed by atoms with Gasteiger partial charge >= 0.3 is 0 Å². The quantitative estimate of drug-likeness (QED) is 0.619. The maximum Gasteiger partial charge on any atom is 0.251 e. The lowest BCUT2D eigenvalue weighted by Gasteiger charge is -2.39. The van der Waals surface area contributed by atoms with E-state index in [1.54, 1.807) is 22.7 Å². The number of rotatable bonds is 5. The Balaban J connectivity index is 1.24. The van der Waals surface area contributed by atoms with Crippen molar-refractivity contribution < 1.29 is 13.6 Å². The van der Waals surface area contributed by atoms with Crippen LogP contribution in [0.15, 0.2) is 48.9 Å². The van der Waals surface area contributed by atoms with Crippen LogP contribution in [-0.4, -0.2) is 39.5 Å². The summed E-state index contributed by atoms with van der Waals surface area (Å²) in [4.78, 5) is 19.0. The van der Waals surface area contributed by atoms with Gasteiger partial charge < -0.3 is 10.2 Å². The summed E-state index contributed by atoms with van der Waals surface area (Å²) in [5.41, 5.74) is 3.60. The Morgan fingerprint density at radius 1 is 1.25 bits per heavy atom. The first-order valence-corrected chi connectivity index (χ1v) is 10.9. The molecule has 0 atom stereocenters. The highest BCUT2D eigenvalue weighted by molar-refractivity contribution is 6.30. The van der Waals surface area contributed by atoms with Crippen LogP contribution < -0.4 is 10.2 Å². The smallest absolute Gasteiger partial charge is 0.251 e. The Kier molecular flexibility index (Phi) is 5.33. The molecule has 32 heavy (non-hydrogen) atoms. The van der Waals surface area contributed by atoms with Crippen molar-refractivity contribution in [2.45, 2.75) is 31.7 Å². The van der Waals surface area contributed by atoms with Crippen LogP contribution >= 0.6 is 11.6 Å². The van der Waals surface area contributed by atoms with Gasteiger partial charge in [0.15, 0.2) is 5.82 Å². The SMILES string of the molecule is O=C(NCc1ccc(Cl)cc1)C1CN(c2ncnn3cc(C4=CCC(F)(F)CC4)cc23)C1. The molecule has 0 radical (unpaired) electrons. The van der Waals surface area contributed by atoms with Gasteiger partial charge in [-0.05, 0) is 41.3 Å². The molecule has 3 aromatic rings. The molecule has 0 bridgehead atoms. The first-order valence-electron chi connectivity index (χ1n) is 10.6. The number of benzene rings is 1. The van der Waals surface area contributed by atoms with E-state index in [0.29, 0.717) is 31.1 Å². The number of nitrogens with one attached hydrogen (secondary N) is 1. The zero-order valence-corrected chi connectivity index (χ0v) is 18.0. The number of halogens is 3. The predicted molar refractivity (Wildman–Crippen MR) is 119 cm³/mol. The van der Waals surface area contributed by atoms with Crippen molar-refractivity contribution in [2.75, 3.05) is 18.0 Å². The molecule has 1 fully saturated rings. The summed E-state index contributed by atoms with van der Waals surface area (Å²) in [7, 11) is 0. The van der Waals surface area contributed by atoms with Gasteiger partial charge in [0.1, 0.15) is 11.8 Å². The number of fused-ring (bicyclic) bond motifs is 1. The number of hydrogen-bond donors (Lipinski definition) is 1. The number of carbonyl (C=O) groups excluding carboxylic acids is 1. The number of alkyl halides is 2. The highest BCUT2D eigenvalue weighted by atomic mass is 35.5. The number of carbonyl (C=O) groups is 1. The van der Waals surface area contributed by atoms with E-state index in [0.717, 1.165) is 28.0 Å². The molecule has 1 N–H and O–H groups in total. The van der Waals surface area contributed by atoms with Gasteiger partial charge in [-0.1, -0.05) is 29.8 Å². The lowest BCUT2D eigenvalue weighted by Crippen LogP contribution is -2.54. The second-order valence-electron chi connectivity index (χ2n) is 8.38. The minimum absolute atomic E-state index is 0.00522. The summed E-state index contributed by atoms with van der Waals surface area (Å²) in [6, 6.07) is 9.32. The van der Waals surface area contributed by atoms with E-state index in [9.17, 15) is 13.6 Å². The van der Waals surface area contributed by atoms with Crippen LogP contribution in [0, 0.1) is 5.92 Å². The van der Waals surface area contributed by atoms with Crippen molar-refractivity contribution >= 4 is 34.4 Å². The summed E-state index contributed by atoms with van der Waals surface area (Å²) < 4.78 is 28.7. The Bertz CT molecular complexity index is 1180. The van der Waals surface area contributed by atoms with Crippen LogP contribution in [0.1, 0.15) is 30.4 Å². The maximum absolute atomic E-state index is 13.5. The minimum Gasteiger partial charge on any atom is -0.353 e. The fourth-order valence-electron chi connectivity index (χ4n) is 4.15. The topological polar surface area (TPSA) is 62.5 Å². The third-order valence-corrected chi connectivity index (χ3v) is 6.35. The van der Waals surface area contributed by atoms with E-state index in [2.05, 4.69) is 15.4 Å². The van der Waals surface area contributed by atoms with Gasteiger partial charge in [0.05, 0.1) is 5.92 Å². The van der Waals surface area contributed by atoms with Crippen LogP contribution in [0.3, 0.4) is 0 Å². The summed E-state index contributed by atoms with van der Waals surface area (Å²) in [5, 5.41) is 7.90. The molecule has 0 spiro atoms. The van der Waals surface area contributed by atoms with Crippen molar-refractivity contribution in [3.05, 3.63) is 65.1 Å². The minimum atomic E-state index is -2.62. The van der Waals surface area contributed by atoms with Crippen LogP contribution in [-0.2, 0) is 11.3 Å². The fourth-order valence-corrected chi connectivity index (χ4v) is 4.27. The standard InChI is InChI=1S/C23H22ClF2N5O/c24-19-3-1-15(2-4-19)10-27-22(32)18-11-30(12-18)21-20-9-17(13-31(20)29-14-28-21)16-5-7-23(25,26)8-6-16/h1-5,9,13-14,18H,6-8,10-12H2,(H,27,32). The molecule has 0 saturated carbocycles. The van der Waals surface area contributed by atoms with E-state index < -0.39 is 5.92 Å². The molecule has 166 valence electrons. The number of allylic oxidation sites excluding steroid dienone is 2. The molecule has 2 aliphatic rings. The van der Waals surface area contributed by atoms with Gasteiger partial charge in [-0.3, -0.25) is 4.79 Å². The third-order valence-electron chi connectivity index (χ3n) is 6.10. The summed E-state index contributed by atoms with van der Waals surface area (Å²) >= 11 is 5.89. The van der Waals surface area contributed by atoms with E-state index in [1.807, 2.05) is 29.3 Å². The molecule has 1 aliphatic heterocycles. The van der Waals surface area contributed by atoms with Crippen LogP contribution in [0.4, 0.5) is 14.6 Å². The molecular weight excluding hydrogens is 436 g/mol. The van der Waals surface area contributed by atoms with Crippen molar-refractivity contribution in [1.82, 2.24) is 19.9 Å². The Morgan fingerprint density at radius 2 is 2.03 bits per heavy atom. The van der Waals surface area contributed by atoms with E-state index in [-0.39, 0.29) is 24.7 Å². The first kappa shape index (κ1) is 20.9. The lowest BCUT2D eigenvalue weighted by molar-refractivity contribution is -0.125. The number of aromatic nitrogens is 3. The Hall–Kier alpha value is -3.00. The average Bonchev–Trinajstić information content (AvgIpc) is 3.17. The molecule has 1 saturated heterocycles. The molecule has 9 heteroatoms. The monoisotopic (exact) mass is 457 g/mol. The molecule has 2 aromatic heterocycles. The second-order valence-corrected chi connectivity index (χ2v) is 8.81. The first-order chi connectivity index (χ1) is 15.4. The van der Waals surface area contributed by atoms with Gasteiger partial charge in [-0.2, -0.15) is 5.10 Å². The maximum atomic E-state index is 13.5. The van der Waals surface area contributed by atoms with E-state index >= 15 is 0 Å². The third kappa shape index (κ3) is 4.19. The largest absolute Gasteiger partial charge is 0.353 e. The van der Waals surface area contributed by atoms with Gasteiger partial charge in [0, 0.05) is 43.7 Å². The zero-order chi connectivity index (χ0) is 22.3. The van der Waals surface area contributed by atoms with Crippen LogP contribution in [0.5, 0.6) is 0 Å². The van der Waals surface area contributed by atoms with E-state index in [4.69, 9.17) is 11.6 Å².